The molecule has 1 unspecified atom stereocenters. The first-order chi connectivity index (χ1) is 8.10. The largest absolute Gasteiger partial charge is 0.372 e. The quantitative estimate of drug-likeness (QED) is 0.752. The van der Waals surface area contributed by atoms with Gasteiger partial charge in [-0.05, 0) is 13.8 Å². The van der Waals surface area contributed by atoms with E-state index < -0.39 is 6.10 Å². The van der Waals surface area contributed by atoms with Gasteiger partial charge in [-0.1, -0.05) is 0 Å². The van der Waals surface area contributed by atoms with E-state index in [2.05, 4.69) is 5.32 Å². The van der Waals surface area contributed by atoms with E-state index in [0.717, 1.165) is 0 Å². The molecule has 98 valence electrons. The molecule has 0 radical (unpaired) electrons. The number of urea groups is 1. The van der Waals surface area contributed by atoms with E-state index in [0.29, 0.717) is 32.7 Å². The lowest BCUT2D eigenvalue weighted by molar-refractivity contribution is -0.142. The van der Waals surface area contributed by atoms with Gasteiger partial charge in [-0.2, -0.15) is 0 Å². The van der Waals surface area contributed by atoms with Gasteiger partial charge in [0.15, 0.2) is 0 Å². The topological polar surface area (TPSA) is 61.9 Å². The second kappa shape index (κ2) is 6.44. The third-order valence-corrected chi connectivity index (χ3v) is 2.91. The predicted octanol–water partition coefficient (Wildman–Crippen LogP) is -0.105. The third-order valence-electron chi connectivity index (χ3n) is 2.91. The standard InChI is InChI=1S/C11H21N3O3/c1-4-12-11(16)14-7-5-13(6-8-14)10(15)9(2)17-3/h9H,4-8H2,1-3H3,(H,12,16). The molecule has 0 aliphatic carbocycles. The number of carbonyl (C=O) groups excluding carboxylic acids is 2. The van der Waals surface area contributed by atoms with Crippen molar-refractivity contribution in [3.05, 3.63) is 0 Å². The molecule has 1 fully saturated rings. The van der Waals surface area contributed by atoms with Crippen LogP contribution in [0.4, 0.5) is 4.79 Å². The molecule has 6 heteroatoms. The molecule has 1 aliphatic rings. The van der Waals surface area contributed by atoms with Crippen LogP contribution in [0.1, 0.15) is 13.8 Å². The van der Waals surface area contributed by atoms with Gasteiger partial charge < -0.3 is 19.9 Å². The molecule has 0 spiro atoms. The molecule has 17 heavy (non-hydrogen) atoms. The number of nitrogens with zero attached hydrogens (tertiary/aromatic N) is 2. The molecular weight excluding hydrogens is 222 g/mol. The van der Waals surface area contributed by atoms with Crippen molar-refractivity contribution in [2.24, 2.45) is 0 Å². The lowest BCUT2D eigenvalue weighted by Gasteiger charge is -2.35. The number of nitrogens with one attached hydrogen (secondary N) is 1. The van der Waals surface area contributed by atoms with Gasteiger partial charge in [0.25, 0.3) is 5.91 Å². The Morgan fingerprint density at radius 2 is 1.76 bits per heavy atom. The zero-order valence-electron chi connectivity index (χ0n) is 10.7. The van der Waals surface area contributed by atoms with Crippen LogP contribution >= 0.6 is 0 Å². The summed E-state index contributed by atoms with van der Waals surface area (Å²) in [4.78, 5) is 26.8. The number of hydrogen-bond acceptors (Lipinski definition) is 3. The minimum atomic E-state index is -0.411. The van der Waals surface area contributed by atoms with Crippen molar-refractivity contribution >= 4 is 11.9 Å². The fourth-order valence-corrected chi connectivity index (χ4v) is 1.75. The van der Waals surface area contributed by atoms with Crippen molar-refractivity contribution < 1.29 is 14.3 Å². The average Bonchev–Trinajstić information content (AvgIpc) is 2.37. The Morgan fingerprint density at radius 1 is 1.24 bits per heavy atom. The minimum Gasteiger partial charge on any atom is -0.372 e. The Bertz CT molecular complexity index is 275. The number of piperazine rings is 1. The van der Waals surface area contributed by atoms with Crippen LogP contribution in [-0.4, -0.2) is 67.7 Å². The summed E-state index contributed by atoms with van der Waals surface area (Å²) < 4.78 is 4.99. The normalized spacial score (nSPS) is 17.8. The third kappa shape index (κ3) is 3.59. The number of methoxy groups -OCH3 is 1. The van der Waals surface area contributed by atoms with Gasteiger partial charge in [0.1, 0.15) is 6.10 Å². The number of rotatable bonds is 3. The van der Waals surface area contributed by atoms with Crippen LogP contribution in [0, 0.1) is 0 Å². The summed E-state index contributed by atoms with van der Waals surface area (Å²) in [6.07, 6.45) is -0.411. The molecule has 1 N–H and O–H groups in total. The number of carbonyl (C=O) groups is 2. The van der Waals surface area contributed by atoms with Crippen molar-refractivity contribution in [2.45, 2.75) is 20.0 Å². The van der Waals surface area contributed by atoms with Crippen LogP contribution in [0.15, 0.2) is 0 Å². The fraction of sp³-hybridized carbons (Fsp3) is 0.818. The van der Waals surface area contributed by atoms with E-state index in [9.17, 15) is 9.59 Å². The Morgan fingerprint density at radius 3 is 2.24 bits per heavy atom. The molecule has 3 amide bonds. The van der Waals surface area contributed by atoms with E-state index in [1.165, 1.54) is 7.11 Å². The summed E-state index contributed by atoms with van der Waals surface area (Å²) in [7, 11) is 1.52. The maximum absolute atomic E-state index is 11.8. The molecule has 1 aliphatic heterocycles. The molecule has 0 aromatic heterocycles. The number of amides is 3. The van der Waals surface area contributed by atoms with Gasteiger partial charge in [0.05, 0.1) is 0 Å². The first-order valence-electron chi connectivity index (χ1n) is 5.94. The summed E-state index contributed by atoms with van der Waals surface area (Å²) >= 11 is 0. The molecule has 1 saturated heterocycles. The van der Waals surface area contributed by atoms with Crippen LogP contribution < -0.4 is 5.32 Å². The minimum absolute atomic E-state index is 0.0111. The highest BCUT2D eigenvalue weighted by atomic mass is 16.5. The second-order valence-electron chi connectivity index (χ2n) is 4.03. The SMILES string of the molecule is CCNC(=O)N1CCN(C(=O)C(C)OC)CC1. The monoisotopic (exact) mass is 243 g/mol. The molecule has 0 saturated carbocycles. The molecule has 6 nitrogen and oxygen atoms in total. The van der Waals surface area contributed by atoms with Gasteiger partial charge >= 0.3 is 6.03 Å². The second-order valence-corrected chi connectivity index (χ2v) is 4.03. The zero-order chi connectivity index (χ0) is 12.8. The summed E-state index contributed by atoms with van der Waals surface area (Å²) in [5, 5.41) is 2.75. The van der Waals surface area contributed by atoms with Crippen LogP contribution in [0.5, 0.6) is 0 Å². The van der Waals surface area contributed by atoms with Crippen LogP contribution in [0.3, 0.4) is 0 Å². The van der Waals surface area contributed by atoms with Gasteiger partial charge in [-0.15, -0.1) is 0 Å². The van der Waals surface area contributed by atoms with E-state index >= 15 is 0 Å². The Balaban J connectivity index is 2.40. The van der Waals surface area contributed by atoms with Crippen molar-refractivity contribution in [3.63, 3.8) is 0 Å². The highest BCUT2D eigenvalue weighted by Gasteiger charge is 2.26. The summed E-state index contributed by atoms with van der Waals surface area (Å²) in [5.41, 5.74) is 0. The lowest BCUT2D eigenvalue weighted by atomic mass is 10.2. The molecule has 1 heterocycles. The van der Waals surface area contributed by atoms with Crippen molar-refractivity contribution in [1.29, 1.82) is 0 Å². The zero-order valence-corrected chi connectivity index (χ0v) is 10.7. The Kier molecular flexibility index (Phi) is 5.21. The molecule has 1 atom stereocenters. The lowest BCUT2D eigenvalue weighted by Crippen LogP contribution is -2.54. The summed E-state index contributed by atoms with van der Waals surface area (Å²) in [6, 6.07) is -0.0561. The summed E-state index contributed by atoms with van der Waals surface area (Å²) in [5.74, 6) is -0.0111. The highest BCUT2D eigenvalue weighted by molar-refractivity contribution is 5.81. The number of hydrogen-bond donors (Lipinski definition) is 1. The van der Waals surface area contributed by atoms with Crippen molar-refractivity contribution in [2.75, 3.05) is 39.8 Å². The Labute approximate surface area is 102 Å². The van der Waals surface area contributed by atoms with Crippen molar-refractivity contribution in [3.8, 4) is 0 Å². The molecule has 0 aromatic rings. The average molecular weight is 243 g/mol. The maximum atomic E-state index is 11.8. The Hall–Kier alpha value is -1.30. The first kappa shape index (κ1) is 13.8. The molecular formula is C11H21N3O3. The molecule has 1 rings (SSSR count). The van der Waals surface area contributed by atoms with E-state index in [1.807, 2.05) is 6.92 Å². The smallest absolute Gasteiger partial charge is 0.317 e. The van der Waals surface area contributed by atoms with Gasteiger partial charge in [-0.25, -0.2) is 4.79 Å². The van der Waals surface area contributed by atoms with E-state index in [4.69, 9.17) is 4.74 Å². The van der Waals surface area contributed by atoms with Crippen molar-refractivity contribution in [1.82, 2.24) is 15.1 Å². The van der Waals surface area contributed by atoms with E-state index in [1.54, 1.807) is 16.7 Å². The van der Waals surface area contributed by atoms with Crippen LogP contribution in [0.2, 0.25) is 0 Å². The van der Waals surface area contributed by atoms with Gasteiger partial charge in [-0.3, -0.25) is 4.79 Å². The number of ether oxygens (including phenoxy) is 1. The van der Waals surface area contributed by atoms with Crippen LogP contribution in [-0.2, 0) is 9.53 Å². The highest BCUT2D eigenvalue weighted by Crippen LogP contribution is 2.05. The summed E-state index contributed by atoms with van der Waals surface area (Å²) in [6.45, 7) is 6.55. The van der Waals surface area contributed by atoms with Crippen LogP contribution in [0.25, 0.3) is 0 Å². The fourth-order valence-electron chi connectivity index (χ4n) is 1.75. The van der Waals surface area contributed by atoms with E-state index in [-0.39, 0.29) is 11.9 Å². The maximum Gasteiger partial charge on any atom is 0.317 e. The molecule has 0 aromatic carbocycles. The van der Waals surface area contributed by atoms with Gasteiger partial charge in [0, 0.05) is 39.8 Å². The predicted molar refractivity (Wildman–Crippen MR) is 63.7 cm³/mol. The van der Waals surface area contributed by atoms with Gasteiger partial charge in [0.2, 0.25) is 0 Å². The molecule has 0 bridgehead atoms. The first-order valence-corrected chi connectivity index (χ1v) is 5.94.